The fourth-order valence-corrected chi connectivity index (χ4v) is 1.23. The highest BCUT2D eigenvalue weighted by Gasteiger charge is 2.06. The molecule has 0 unspecified atom stereocenters. The molecule has 2 N–H and O–H groups in total. The summed E-state index contributed by atoms with van der Waals surface area (Å²) in [6.07, 6.45) is 0. The van der Waals surface area contributed by atoms with Gasteiger partial charge in [-0.2, -0.15) is 0 Å². The number of hydrogen-bond donors (Lipinski definition) is 2. The monoisotopic (exact) mass is 199 g/mol. The molecule has 0 atom stereocenters. The van der Waals surface area contributed by atoms with Crippen LogP contribution in [-0.4, -0.2) is 24.5 Å². The van der Waals surface area contributed by atoms with Gasteiger partial charge in [-0.15, -0.1) is 0 Å². The first-order valence-corrected chi connectivity index (χ1v) is 4.18. The molecule has 0 aliphatic rings. The molecule has 0 spiro atoms. The third-order valence-corrected chi connectivity index (χ3v) is 1.76. The normalized spacial score (nSPS) is 10.0. The highest BCUT2D eigenvalue weighted by molar-refractivity contribution is 6.31. The molecule has 0 heterocycles. The second-order valence-corrected chi connectivity index (χ2v) is 3.09. The number of Topliss-reactive ketones (excluding diaryl/α,β-unsaturated/α-hetero) is 1. The van der Waals surface area contributed by atoms with Crippen molar-refractivity contribution in [3.05, 3.63) is 28.8 Å². The van der Waals surface area contributed by atoms with Crippen LogP contribution in [0.4, 0.5) is 0 Å². The van der Waals surface area contributed by atoms with E-state index in [9.17, 15) is 4.79 Å². The van der Waals surface area contributed by atoms with Crippen molar-refractivity contribution < 1.29 is 9.90 Å². The minimum absolute atomic E-state index is 0.00644. The Bertz CT molecular complexity index is 305. The van der Waals surface area contributed by atoms with Crippen LogP contribution in [0.15, 0.2) is 18.2 Å². The third-order valence-electron chi connectivity index (χ3n) is 1.54. The van der Waals surface area contributed by atoms with E-state index < -0.39 is 0 Å². The summed E-state index contributed by atoms with van der Waals surface area (Å²) in [6.45, 7) is 0.236. The lowest BCUT2D eigenvalue weighted by Crippen LogP contribution is -2.18. The molecule has 0 aromatic heterocycles. The van der Waals surface area contributed by atoms with E-state index in [1.165, 1.54) is 18.2 Å². The summed E-state index contributed by atoms with van der Waals surface area (Å²) < 4.78 is 0. The van der Waals surface area contributed by atoms with Crippen LogP contribution in [0.1, 0.15) is 10.4 Å². The molecule has 1 aromatic carbocycles. The van der Waals surface area contributed by atoms with Crippen LogP contribution in [0.2, 0.25) is 5.02 Å². The van der Waals surface area contributed by atoms with E-state index in [0.29, 0.717) is 10.6 Å². The molecule has 1 aromatic rings. The molecule has 0 bridgehead atoms. The average Bonchev–Trinajstić information content (AvgIpc) is 2.03. The topological polar surface area (TPSA) is 49.3 Å². The van der Waals surface area contributed by atoms with Crippen LogP contribution >= 0.6 is 11.6 Å². The van der Waals surface area contributed by atoms with Gasteiger partial charge in [-0.3, -0.25) is 4.79 Å². The van der Waals surface area contributed by atoms with Crippen molar-refractivity contribution in [2.75, 3.05) is 13.6 Å². The molecule has 0 amide bonds. The van der Waals surface area contributed by atoms with Crippen molar-refractivity contribution in [3.63, 3.8) is 0 Å². The van der Waals surface area contributed by atoms with Crippen LogP contribution in [0.3, 0.4) is 0 Å². The second kappa shape index (κ2) is 4.25. The zero-order valence-electron chi connectivity index (χ0n) is 7.17. The standard InChI is InChI=1S/C9H10ClNO2/c1-11-5-9(13)6-2-7(10)4-8(12)3-6/h2-4,11-12H,5H2,1H3. The molecule has 70 valence electrons. The predicted molar refractivity (Wildman–Crippen MR) is 51.4 cm³/mol. The molecular weight excluding hydrogens is 190 g/mol. The lowest BCUT2D eigenvalue weighted by Gasteiger charge is -2.01. The SMILES string of the molecule is CNCC(=O)c1cc(O)cc(Cl)c1. The van der Waals surface area contributed by atoms with Gasteiger partial charge in [0.25, 0.3) is 0 Å². The van der Waals surface area contributed by atoms with Crippen LogP contribution in [0.5, 0.6) is 5.75 Å². The van der Waals surface area contributed by atoms with E-state index in [2.05, 4.69) is 5.32 Å². The van der Waals surface area contributed by atoms with Gasteiger partial charge < -0.3 is 10.4 Å². The van der Waals surface area contributed by atoms with E-state index in [4.69, 9.17) is 16.7 Å². The molecule has 13 heavy (non-hydrogen) atoms. The number of hydrogen-bond acceptors (Lipinski definition) is 3. The minimum Gasteiger partial charge on any atom is -0.508 e. The van der Waals surface area contributed by atoms with E-state index in [1.807, 2.05) is 0 Å². The third kappa shape index (κ3) is 2.72. The van der Waals surface area contributed by atoms with Gasteiger partial charge in [-0.1, -0.05) is 11.6 Å². The number of likely N-dealkylation sites (N-methyl/N-ethyl adjacent to an activating group) is 1. The van der Waals surface area contributed by atoms with Gasteiger partial charge in [0.1, 0.15) is 5.75 Å². The second-order valence-electron chi connectivity index (χ2n) is 2.65. The average molecular weight is 200 g/mol. The van der Waals surface area contributed by atoms with Gasteiger partial charge in [-0.25, -0.2) is 0 Å². The van der Waals surface area contributed by atoms with Crippen molar-refractivity contribution in [1.82, 2.24) is 5.32 Å². The lowest BCUT2D eigenvalue weighted by molar-refractivity contribution is 0.0993. The Labute approximate surface area is 81.3 Å². The maximum absolute atomic E-state index is 11.3. The molecule has 3 nitrogen and oxygen atoms in total. The number of halogens is 1. The molecule has 4 heteroatoms. The highest BCUT2D eigenvalue weighted by atomic mass is 35.5. The van der Waals surface area contributed by atoms with Crippen molar-refractivity contribution in [3.8, 4) is 5.75 Å². The first kappa shape index (κ1) is 10.0. The molecule has 0 radical (unpaired) electrons. The summed E-state index contributed by atoms with van der Waals surface area (Å²) in [5.74, 6) is -0.0905. The maximum Gasteiger partial charge on any atom is 0.176 e. The van der Waals surface area contributed by atoms with Crippen LogP contribution in [0, 0.1) is 0 Å². The zero-order valence-corrected chi connectivity index (χ0v) is 7.93. The Morgan fingerprint density at radius 2 is 2.23 bits per heavy atom. The highest BCUT2D eigenvalue weighted by Crippen LogP contribution is 2.19. The number of carbonyl (C=O) groups excluding carboxylic acids is 1. The predicted octanol–water partition coefficient (Wildman–Crippen LogP) is 1.45. The van der Waals surface area contributed by atoms with Crippen molar-refractivity contribution in [1.29, 1.82) is 0 Å². The zero-order chi connectivity index (χ0) is 9.84. The number of carbonyl (C=O) groups is 1. The van der Waals surface area contributed by atoms with E-state index >= 15 is 0 Å². The molecular formula is C9H10ClNO2. The molecule has 0 fully saturated rings. The van der Waals surface area contributed by atoms with Gasteiger partial charge in [0.2, 0.25) is 0 Å². The van der Waals surface area contributed by atoms with Crippen molar-refractivity contribution in [2.24, 2.45) is 0 Å². The lowest BCUT2D eigenvalue weighted by atomic mass is 10.1. The first-order valence-electron chi connectivity index (χ1n) is 3.81. The van der Waals surface area contributed by atoms with Crippen molar-refractivity contribution in [2.45, 2.75) is 0 Å². The fraction of sp³-hybridized carbons (Fsp3) is 0.222. The van der Waals surface area contributed by atoms with Gasteiger partial charge >= 0.3 is 0 Å². The molecule has 1 rings (SSSR count). The summed E-state index contributed by atoms with van der Waals surface area (Å²) in [5, 5.41) is 12.2. The number of ketones is 1. The first-order chi connectivity index (χ1) is 6.13. The Balaban J connectivity index is 2.94. The van der Waals surface area contributed by atoms with E-state index in [0.717, 1.165) is 0 Å². The van der Waals surface area contributed by atoms with Crippen LogP contribution in [0.25, 0.3) is 0 Å². The minimum atomic E-state index is -0.0969. The number of rotatable bonds is 3. The number of aromatic hydroxyl groups is 1. The number of phenols is 1. The number of benzene rings is 1. The molecule has 0 aliphatic heterocycles. The van der Waals surface area contributed by atoms with Crippen LogP contribution < -0.4 is 5.32 Å². The van der Waals surface area contributed by atoms with Gasteiger partial charge in [0.05, 0.1) is 6.54 Å². The summed E-state index contributed by atoms with van der Waals surface area (Å²) >= 11 is 5.66. The van der Waals surface area contributed by atoms with E-state index in [-0.39, 0.29) is 18.1 Å². The Kier molecular flexibility index (Phi) is 3.28. The number of phenolic OH excluding ortho intramolecular Hbond substituents is 1. The molecule has 0 saturated carbocycles. The Morgan fingerprint density at radius 3 is 2.77 bits per heavy atom. The fourth-order valence-electron chi connectivity index (χ4n) is 0.998. The van der Waals surface area contributed by atoms with Gasteiger partial charge in [0.15, 0.2) is 5.78 Å². The summed E-state index contributed by atoms with van der Waals surface area (Å²) in [5.41, 5.74) is 0.416. The molecule has 0 aliphatic carbocycles. The summed E-state index contributed by atoms with van der Waals surface area (Å²) in [7, 11) is 1.68. The Morgan fingerprint density at radius 1 is 1.54 bits per heavy atom. The van der Waals surface area contributed by atoms with Crippen LogP contribution in [-0.2, 0) is 0 Å². The van der Waals surface area contributed by atoms with Crippen molar-refractivity contribution >= 4 is 17.4 Å². The maximum atomic E-state index is 11.3. The summed E-state index contributed by atoms with van der Waals surface area (Å²) in [6, 6.07) is 4.31. The van der Waals surface area contributed by atoms with Gasteiger partial charge in [-0.05, 0) is 25.2 Å². The quantitative estimate of drug-likeness (QED) is 0.725. The largest absolute Gasteiger partial charge is 0.508 e. The molecule has 0 saturated heterocycles. The number of nitrogens with one attached hydrogen (secondary N) is 1. The smallest absolute Gasteiger partial charge is 0.176 e. The van der Waals surface area contributed by atoms with E-state index in [1.54, 1.807) is 7.05 Å². The van der Waals surface area contributed by atoms with Gasteiger partial charge in [0, 0.05) is 10.6 Å². The Hall–Kier alpha value is -1.06. The summed E-state index contributed by atoms with van der Waals surface area (Å²) in [4.78, 5) is 11.3.